The van der Waals surface area contributed by atoms with E-state index in [9.17, 15) is 17.2 Å². The van der Waals surface area contributed by atoms with Gasteiger partial charge in [0.2, 0.25) is 0 Å². The van der Waals surface area contributed by atoms with Crippen molar-refractivity contribution in [2.24, 2.45) is 0 Å². The molecule has 0 aliphatic rings. The van der Waals surface area contributed by atoms with Crippen molar-refractivity contribution >= 4 is 9.84 Å². The maximum absolute atomic E-state index is 13.8. The predicted octanol–water partition coefficient (Wildman–Crippen LogP) is 2.44. The van der Waals surface area contributed by atoms with Gasteiger partial charge in [-0.3, -0.25) is 0 Å². The Bertz CT molecular complexity index is 531. The average Bonchev–Trinajstić information content (AvgIpc) is 2.33. The smallest absolute Gasteiger partial charge is 0.163 e. The van der Waals surface area contributed by atoms with Gasteiger partial charge < -0.3 is 5.32 Å². The highest BCUT2D eigenvalue weighted by Gasteiger charge is 2.29. The topological polar surface area (TPSA) is 46.2 Å². The lowest BCUT2D eigenvalue weighted by atomic mass is 10.0. The first-order valence-electron chi connectivity index (χ1n) is 6.15. The summed E-state index contributed by atoms with van der Waals surface area (Å²) in [6.07, 6.45) is 1.86. The van der Waals surface area contributed by atoms with Crippen molar-refractivity contribution in [1.29, 1.82) is 0 Å². The lowest BCUT2D eigenvalue weighted by Gasteiger charge is -2.25. The first-order chi connectivity index (χ1) is 8.79. The predicted molar refractivity (Wildman–Crippen MR) is 71.7 cm³/mol. The molecule has 0 radical (unpaired) electrons. The summed E-state index contributed by atoms with van der Waals surface area (Å²) in [6, 6.07) is 3.04. The van der Waals surface area contributed by atoms with E-state index in [4.69, 9.17) is 0 Å². The summed E-state index contributed by atoms with van der Waals surface area (Å²) in [5, 5.41) is 2.14. The molecule has 0 heterocycles. The maximum atomic E-state index is 13.8. The minimum atomic E-state index is -3.36. The van der Waals surface area contributed by atoms with Crippen LogP contribution in [0.2, 0.25) is 0 Å². The van der Waals surface area contributed by atoms with Gasteiger partial charge in [0.25, 0.3) is 0 Å². The Labute approximate surface area is 112 Å². The number of hydrogen-bond donors (Lipinski definition) is 1. The van der Waals surface area contributed by atoms with E-state index >= 15 is 0 Å². The fraction of sp³-hybridized carbons (Fsp3) is 0.538. The zero-order valence-corrected chi connectivity index (χ0v) is 12.1. The number of hydrogen-bond acceptors (Lipinski definition) is 3. The van der Waals surface area contributed by atoms with E-state index < -0.39 is 32.8 Å². The van der Waals surface area contributed by atoms with Crippen molar-refractivity contribution in [3.05, 3.63) is 35.4 Å². The second kappa shape index (κ2) is 6.43. The summed E-state index contributed by atoms with van der Waals surface area (Å²) in [5.41, 5.74) is 0.0476. The summed E-state index contributed by atoms with van der Waals surface area (Å²) in [5.74, 6) is -1.96. The van der Waals surface area contributed by atoms with Crippen LogP contribution in [0.15, 0.2) is 18.2 Å². The molecule has 0 aliphatic carbocycles. The molecule has 2 atom stereocenters. The van der Waals surface area contributed by atoms with Gasteiger partial charge in [-0.05, 0) is 26.0 Å². The van der Waals surface area contributed by atoms with Gasteiger partial charge in [0, 0.05) is 11.8 Å². The van der Waals surface area contributed by atoms with Crippen molar-refractivity contribution in [1.82, 2.24) is 5.32 Å². The number of rotatable bonds is 6. The van der Waals surface area contributed by atoms with Crippen molar-refractivity contribution in [3.8, 4) is 0 Å². The number of benzene rings is 1. The van der Waals surface area contributed by atoms with Gasteiger partial charge in [-0.1, -0.05) is 19.1 Å². The van der Waals surface area contributed by atoms with Gasteiger partial charge >= 0.3 is 0 Å². The van der Waals surface area contributed by atoms with Crippen molar-refractivity contribution in [3.63, 3.8) is 0 Å². The molecular weight excluding hydrogens is 272 g/mol. The molecule has 0 bridgehead atoms. The molecule has 0 amide bonds. The van der Waals surface area contributed by atoms with Crippen LogP contribution in [0.5, 0.6) is 0 Å². The van der Waals surface area contributed by atoms with Gasteiger partial charge in [0.1, 0.15) is 0 Å². The first kappa shape index (κ1) is 16.0. The molecule has 0 fully saturated rings. The molecule has 19 heavy (non-hydrogen) atoms. The van der Waals surface area contributed by atoms with E-state index in [2.05, 4.69) is 5.32 Å². The number of sulfone groups is 1. The minimum Gasteiger partial charge on any atom is -0.309 e. The lowest BCUT2D eigenvalue weighted by molar-refractivity contribution is 0.450. The Kier molecular flexibility index (Phi) is 5.43. The fourth-order valence-electron chi connectivity index (χ4n) is 1.84. The molecule has 0 saturated heterocycles. The van der Waals surface area contributed by atoms with E-state index in [1.54, 1.807) is 0 Å². The van der Waals surface area contributed by atoms with Crippen LogP contribution in [-0.2, 0) is 9.84 Å². The van der Waals surface area contributed by atoms with Crippen molar-refractivity contribution in [2.75, 3.05) is 12.8 Å². The Morgan fingerprint density at radius 3 is 2.47 bits per heavy atom. The molecule has 0 saturated carbocycles. The van der Waals surface area contributed by atoms with Crippen molar-refractivity contribution < 1.29 is 17.2 Å². The Balaban J connectivity index is 3.20. The summed E-state index contributed by atoms with van der Waals surface area (Å²) in [6.45, 7) is 3.94. The van der Waals surface area contributed by atoms with Crippen LogP contribution in [0, 0.1) is 11.6 Å². The highest BCUT2D eigenvalue weighted by molar-refractivity contribution is 7.91. The quantitative estimate of drug-likeness (QED) is 0.875. The van der Waals surface area contributed by atoms with E-state index in [0.717, 1.165) is 18.7 Å². The van der Waals surface area contributed by atoms with Crippen LogP contribution < -0.4 is 5.32 Å². The standard InChI is InChI=1S/C13H19F2NO2S/c1-4-8-16-13(9(2)19(3,17)18)10-6-5-7-11(14)12(10)15/h5-7,9,13,16H,4,8H2,1-3H3. The second-order valence-corrected chi connectivity index (χ2v) is 7.01. The normalized spacial score (nSPS) is 15.2. The van der Waals surface area contributed by atoms with E-state index in [-0.39, 0.29) is 5.56 Å². The minimum absolute atomic E-state index is 0.0476. The zero-order chi connectivity index (χ0) is 14.6. The molecule has 0 aliphatic heterocycles. The largest absolute Gasteiger partial charge is 0.309 e. The fourth-order valence-corrected chi connectivity index (χ4v) is 2.57. The molecule has 3 nitrogen and oxygen atoms in total. The van der Waals surface area contributed by atoms with Crippen molar-refractivity contribution in [2.45, 2.75) is 31.6 Å². The second-order valence-electron chi connectivity index (χ2n) is 4.61. The third-order valence-corrected chi connectivity index (χ3v) is 4.70. The third kappa shape index (κ3) is 3.98. The third-order valence-electron chi connectivity index (χ3n) is 3.08. The monoisotopic (exact) mass is 291 g/mol. The van der Waals surface area contributed by atoms with Crippen LogP contribution in [0.3, 0.4) is 0 Å². The van der Waals surface area contributed by atoms with Crippen LogP contribution in [0.25, 0.3) is 0 Å². The number of nitrogens with one attached hydrogen (secondary N) is 1. The molecule has 2 unspecified atom stereocenters. The molecule has 1 rings (SSSR count). The Hall–Kier alpha value is -1.01. The van der Waals surface area contributed by atoms with E-state index in [0.29, 0.717) is 6.54 Å². The van der Waals surface area contributed by atoms with Gasteiger partial charge in [0.15, 0.2) is 21.5 Å². The lowest BCUT2D eigenvalue weighted by Crippen LogP contribution is -2.36. The SMILES string of the molecule is CCCNC(c1cccc(F)c1F)C(C)S(C)(=O)=O. The first-order valence-corrected chi connectivity index (χ1v) is 8.10. The summed E-state index contributed by atoms with van der Waals surface area (Å²) in [7, 11) is -3.36. The Morgan fingerprint density at radius 2 is 1.95 bits per heavy atom. The van der Waals surface area contributed by atoms with Gasteiger partial charge in [-0.2, -0.15) is 0 Å². The summed E-state index contributed by atoms with van der Waals surface area (Å²) < 4.78 is 50.4. The molecular formula is C13H19F2NO2S. The van der Waals surface area contributed by atoms with Crippen LogP contribution in [0.1, 0.15) is 31.9 Å². The van der Waals surface area contributed by atoms with Gasteiger partial charge in [-0.25, -0.2) is 17.2 Å². The zero-order valence-electron chi connectivity index (χ0n) is 11.3. The van der Waals surface area contributed by atoms with E-state index in [1.807, 2.05) is 6.92 Å². The Morgan fingerprint density at radius 1 is 1.32 bits per heavy atom. The summed E-state index contributed by atoms with van der Waals surface area (Å²) >= 11 is 0. The maximum Gasteiger partial charge on any atom is 0.163 e. The average molecular weight is 291 g/mol. The molecule has 6 heteroatoms. The molecule has 1 aromatic carbocycles. The molecule has 1 aromatic rings. The molecule has 1 N–H and O–H groups in total. The number of halogens is 2. The van der Waals surface area contributed by atoms with E-state index in [1.165, 1.54) is 19.1 Å². The van der Waals surface area contributed by atoms with Gasteiger partial charge in [0.05, 0.1) is 11.3 Å². The highest BCUT2D eigenvalue weighted by Crippen LogP contribution is 2.25. The highest BCUT2D eigenvalue weighted by atomic mass is 32.2. The molecule has 108 valence electrons. The van der Waals surface area contributed by atoms with Crippen LogP contribution in [0.4, 0.5) is 8.78 Å². The summed E-state index contributed by atoms with van der Waals surface area (Å²) in [4.78, 5) is 0. The molecule has 0 spiro atoms. The van der Waals surface area contributed by atoms with Gasteiger partial charge in [-0.15, -0.1) is 0 Å². The molecule has 0 aromatic heterocycles. The van der Waals surface area contributed by atoms with Crippen LogP contribution in [-0.4, -0.2) is 26.5 Å². The van der Waals surface area contributed by atoms with Crippen LogP contribution >= 0.6 is 0 Å².